The van der Waals surface area contributed by atoms with Gasteiger partial charge in [-0.2, -0.15) is 0 Å². The van der Waals surface area contributed by atoms with Gasteiger partial charge in [0.1, 0.15) is 0 Å². The van der Waals surface area contributed by atoms with Gasteiger partial charge in [-0.25, -0.2) is 5.06 Å². The van der Waals surface area contributed by atoms with Crippen molar-refractivity contribution in [3.63, 3.8) is 0 Å². The molecule has 2 unspecified atom stereocenters. The molecule has 0 radical (unpaired) electrons. The number of methoxy groups -OCH3 is 1. The lowest BCUT2D eigenvalue weighted by Crippen LogP contribution is -2.37. The van der Waals surface area contributed by atoms with E-state index in [2.05, 4.69) is 0 Å². The Balaban J connectivity index is 4.22. The molecule has 0 aliphatic rings. The van der Waals surface area contributed by atoms with E-state index >= 15 is 0 Å². The third-order valence-electron chi connectivity index (χ3n) is 2.24. The molecule has 1 amide bonds. The van der Waals surface area contributed by atoms with Crippen LogP contribution >= 0.6 is 0 Å². The summed E-state index contributed by atoms with van der Waals surface area (Å²) in [6.07, 6.45) is 0.783. The zero-order valence-electron chi connectivity index (χ0n) is 9.03. The van der Waals surface area contributed by atoms with Gasteiger partial charge in [0, 0.05) is 14.2 Å². The number of rotatable bonds is 5. The number of carbonyl (C=O) groups excluding carboxylic acids is 1. The first kappa shape index (κ1) is 12.4. The van der Waals surface area contributed by atoms with E-state index in [9.17, 15) is 4.79 Å². The molecular formula is C9H19NO3. The summed E-state index contributed by atoms with van der Waals surface area (Å²) in [6.45, 7) is 3.83. The van der Waals surface area contributed by atoms with Crippen LogP contribution in [0.1, 0.15) is 20.3 Å². The summed E-state index contributed by atoms with van der Waals surface area (Å²) in [7, 11) is 4.68. The molecule has 13 heavy (non-hydrogen) atoms. The quantitative estimate of drug-likeness (QED) is 0.607. The second kappa shape index (κ2) is 5.94. The first-order valence-corrected chi connectivity index (χ1v) is 4.42. The lowest BCUT2D eigenvalue weighted by atomic mass is 10.0. The second-order valence-electron chi connectivity index (χ2n) is 2.99. The minimum atomic E-state index is -0.167. The molecule has 0 aromatic carbocycles. The fourth-order valence-electron chi connectivity index (χ4n) is 1.26. The van der Waals surface area contributed by atoms with Gasteiger partial charge in [-0.05, 0) is 6.42 Å². The summed E-state index contributed by atoms with van der Waals surface area (Å²) >= 11 is 0. The number of hydrogen-bond donors (Lipinski definition) is 0. The Kier molecular flexibility index (Phi) is 5.66. The second-order valence-corrected chi connectivity index (χ2v) is 2.99. The fourth-order valence-corrected chi connectivity index (χ4v) is 1.26. The van der Waals surface area contributed by atoms with Crippen LogP contribution in [0, 0.1) is 5.92 Å². The van der Waals surface area contributed by atoms with E-state index in [1.807, 2.05) is 13.8 Å². The lowest BCUT2D eigenvalue weighted by molar-refractivity contribution is -0.177. The molecule has 0 saturated carbocycles. The molecule has 0 spiro atoms. The lowest BCUT2D eigenvalue weighted by Gasteiger charge is -2.24. The summed E-state index contributed by atoms with van der Waals surface area (Å²) < 4.78 is 5.17. The molecule has 0 N–H and O–H groups in total. The molecule has 0 rings (SSSR count). The summed E-state index contributed by atoms with van der Waals surface area (Å²) in [6, 6.07) is 0. The van der Waals surface area contributed by atoms with Crippen LogP contribution in [0.25, 0.3) is 0 Å². The Morgan fingerprint density at radius 2 is 2.00 bits per heavy atom. The van der Waals surface area contributed by atoms with Crippen molar-refractivity contribution in [3.8, 4) is 0 Å². The molecule has 0 aliphatic heterocycles. The molecule has 0 saturated heterocycles. The topological polar surface area (TPSA) is 38.8 Å². The Morgan fingerprint density at radius 3 is 2.31 bits per heavy atom. The summed E-state index contributed by atoms with van der Waals surface area (Å²) in [5.41, 5.74) is 0. The Morgan fingerprint density at radius 1 is 1.46 bits per heavy atom. The number of ether oxygens (including phenoxy) is 1. The number of hydrogen-bond acceptors (Lipinski definition) is 3. The zero-order chi connectivity index (χ0) is 10.4. The fraction of sp³-hybridized carbons (Fsp3) is 0.889. The van der Waals surface area contributed by atoms with Gasteiger partial charge >= 0.3 is 0 Å². The molecular weight excluding hydrogens is 170 g/mol. The van der Waals surface area contributed by atoms with E-state index in [4.69, 9.17) is 9.57 Å². The molecule has 0 heterocycles. The van der Waals surface area contributed by atoms with Crippen molar-refractivity contribution < 1.29 is 14.4 Å². The highest BCUT2D eigenvalue weighted by molar-refractivity contribution is 5.77. The molecule has 0 fully saturated rings. The van der Waals surface area contributed by atoms with E-state index in [1.165, 1.54) is 12.2 Å². The van der Waals surface area contributed by atoms with Crippen LogP contribution in [0.15, 0.2) is 0 Å². The van der Waals surface area contributed by atoms with Gasteiger partial charge in [0.2, 0.25) is 0 Å². The predicted molar refractivity (Wildman–Crippen MR) is 50.0 cm³/mol. The highest BCUT2D eigenvalue weighted by Gasteiger charge is 2.25. The van der Waals surface area contributed by atoms with Gasteiger partial charge in [-0.1, -0.05) is 13.8 Å². The monoisotopic (exact) mass is 189 g/mol. The normalized spacial score (nSPS) is 15.2. The van der Waals surface area contributed by atoms with E-state index < -0.39 is 0 Å². The maximum absolute atomic E-state index is 11.6. The summed E-state index contributed by atoms with van der Waals surface area (Å²) in [5, 5.41) is 1.23. The third-order valence-corrected chi connectivity index (χ3v) is 2.24. The smallest absolute Gasteiger partial charge is 0.251 e. The highest BCUT2D eigenvalue weighted by atomic mass is 16.7. The average molecular weight is 189 g/mol. The van der Waals surface area contributed by atoms with Crippen LogP contribution in [-0.4, -0.2) is 38.3 Å². The van der Waals surface area contributed by atoms with Gasteiger partial charge in [-0.3, -0.25) is 9.63 Å². The van der Waals surface area contributed by atoms with Gasteiger partial charge in [-0.15, -0.1) is 0 Å². The number of nitrogens with zero attached hydrogens (tertiary/aromatic N) is 1. The first-order valence-electron chi connectivity index (χ1n) is 4.42. The van der Waals surface area contributed by atoms with Crippen molar-refractivity contribution in [2.45, 2.75) is 26.4 Å². The summed E-state index contributed by atoms with van der Waals surface area (Å²) in [4.78, 5) is 16.4. The predicted octanol–water partition coefficient (Wildman–Crippen LogP) is 1.07. The van der Waals surface area contributed by atoms with Crippen molar-refractivity contribution >= 4 is 5.91 Å². The van der Waals surface area contributed by atoms with E-state index in [-0.39, 0.29) is 17.9 Å². The van der Waals surface area contributed by atoms with Crippen molar-refractivity contribution in [2.75, 3.05) is 21.3 Å². The van der Waals surface area contributed by atoms with Crippen LogP contribution in [0.4, 0.5) is 0 Å². The number of hydroxylamine groups is 2. The summed E-state index contributed by atoms with van der Waals surface area (Å²) in [5.74, 6) is -0.226. The van der Waals surface area contributed by atoms with Gasteiger partial charge in [0.05, 0.1) is 19.1 Å². The van der Waals surface area contributed by atoms with Crippen LogP contribution in [0.3, 0.4) is 0 Å². The van der Waals surface area contributed by atoms with Crippen LogP contribution < -0.4 is 0 Å². The molecule has 4 nitrogen and oxygen atoms in total. The van der Waals surface area contributed by atoms with Gasteiger partial charge in [0.15, 0.2) is 0 Å². The molecule has 0 bridgehead atoms. The van der Waals surface area contributed by atoms with Gasteiger partial charge < -0.3 is 4.74 Å². The molecule has 0 aromatic heterocycles. The van der Waals surface area contributed by atoms with Crippen LogP contribution in [0.2, 0.25) is 0 Å². The maximum atomic E-state index is 11.6. The number of carbonyl (C=O) groups is 1. The van der Waals surface area contributed by atoms with E-state index in [0.717, 1.165) is 6.42 Å². The first-order chi connectivity index (χ1) is 6.08. The largest absolute Gasteiger partial charge is 0.381 e. The van der Waals surface area contributed by atoms with E-state index in [1.54, 1.807) is 14.2 Å². The number of amides is 1. The average Bonchev–Trinajstić information content (AvgIpc) is 2.17. The van der Waals surface area contributed by atoms with Crippen molar-refractivity contribution in [3.05, 3.63) is 0 Å². The molecule has 4 heteroatoms. The van der Waals surface area contributed by atoms with E-state index in [0.29, 0.717) is 0 Å². The Labute approximate surface area is 79.8 Å². The van der Waals surface area contributed by atoms with Crippen molar-refractivity contribution in [1.29, 1.82) is 0 Å². The minimum Gasteiger partial charge on any atom is -0.381 e. The molecule has 0 aromatic rings. The zero-order valence-corrected chi connectivity index (χ0v) is 9.03. The molecule has 2 atom stereocenters. The Hall–Kier alpha value is -0.610. The highest BCUT2D eigenvalue weighted by Crippen LogP contribution is 2.12. The standard InChI is InChI=1S/C9H19NO3/c1-6-8(12-4)7(2)9(11)10(3)13-5/h7-8H,6H2,1-5H3. The van der Waals surface area contributed by atoms with Crippen LogP contribution in [0.5, 0.6) is 0 Å². The maximum Gasteiger partial charge on any atom is 0.251 e. The van der Waals surface area contributed by atoms with Crippen LogP contribution in [-0.2, 0) is 14.4 Å². The minimum absolute atomic E-state index is 0.0369. The van der Waals surface area contributed by atoms with Gasteiger partial charge in [0.25, 0.3) is 5.91 Å². The molecule has 0 aliphatic carbocycles. The van der Waals surface area contributed by atoms with Crippen molar-refractivity contribution in [2.24, 2.45) is 5.92 Å². The van der Waals surface area contributed by atoms with Crippen molar-refractivity contribution in [1.82, 2.24) is 5.06 Å². The SMILES string of the molecule is CCC(OC)C(C)C(=O)N(C)OC. The third kappa shape index (κ3) is 3.32. The Bertz CT molecular complexity index is 157. The molecule has 78 valence electrons.